The van der Waals surface area contributed by atoms with E-state index >= 15 is 0 Å². The van der Waals surface area contributed by atoms with Gasteiger partial charge in [-0.15, -0.1) is 11.3 Å². The molecule has 1 aliphatic heterocycles. The molecule has 0 unspecified atom stereocenters. The quantitative estimate of drug-likeness (QED) is 0.766. The molecule has 2 heterocycles. The monoisotopic (exact) mass is 406 g/mol. The Morgan fingerprint density at radius 2 is 1.70 bits per heavy atom. The summed E-state index contributed by atoms with van der Waals surface area (Å²) < 4.78 is 27.8. The number of rotatable bonds is 5. The van der Waals surface area contributed by atoms with Gasteiger partial charge in [-0.25, -0.2) is 8.42 Å². The van der Waals surface area contributed by atoms with E-state index in [0.29, 0.717) is 37.5 Å². The molecule has 27 heavy (non-hydrogen) atoms. The number of nitrogens with zero attached hydrogens (tertiary/aromatic N) is 2. The maximum absolute atomic E-state index is 13.1. The van der Waals surface area contributed by atoms with E-state index < -0.39 is 10.0 Å². The predicted molar refractivity (Wildman–Crippen MR) is 109 cm³/mol. The molecule has 1 aromatic carbocycles. The summed E-state index contributed by atoms with van der Waals surface area (Å²) >= 11 is 1.66. The molecule has 0 N–H and O–H groups in total. The molecule has 146 valence electrons. The Bertz CT molecular complexity index is 890. The summed E-state index contributed by atoms with van der Waals surface area (Å²) in [6, 6.07) is 7.84. The van der Waals surface area contributed by atoms with Crippen molar-refractivity contribution < 1.29 is 13.2 Å². The van der Waals surface area contributed by atoms with Gasteiger partial charge in [0.1, 0.15) is 0 Å². The highest BCUT2D eigenvalue weighted by atomic mass is 32.2. The van der Waals surface area contributed by atoms with Crippen LogP contribution in [0.15, 0.2) is 34.5 Å². The number of carbonyl (C=O) groups excluding carboxylic acids is 1. The number of hydrogen-bond acceptors (Lipinski definition) is 4. The lowest BCUT2D eigenvalue weighted by atomic mass is 10.1. The number of thiophene rings is 1. The molecule has 1 saturated heterocycles. The van der Waals surface area contributed by atoms with Crippen molar-refractivity contribution in [2.75, 3.05) is 26.2 Å². The van der Waals surface area contributed by atoms with E-state index in [-0.39, 0.29) is 5.91 Å². The summed E-state index contributed by atoms with van der Waals surface area (Å²) in [6.45, 7) is 7.25. The molecule has 0 radical (unpaired) electrons. The molecular weight excluding hydrogens is 380 g/mol. The SMILES string of the molecule is Cc1cc(C)c(S(=O)(=O)N2CCN(C(=O)CCc3cccs3)CC2)c(C)c1. The molecule has 1 aromatic heterocycles. The first-order valence-corrected chi connectivity index (χ1v) is 11.5. The fourth-order valence-corrected chi connectivity index (χ4v) is 6.27. The largest absolute Gasteiger partial charge is 0.340 e. The van der Waals surface area contributed by atoms with Crippen molar-refractivity contribution in [1.82, 2.24) is 9.21 Å². The highest BCUT2D eigenvalue weighted by Gasteiger charge is 2.32. The van der Waals surface area contributed by atoms with Gasteiger partial charge < -0.3 is 4.90 Å². The molecule has 2 aromatic rings. The van der Waals surface area contributed by atoms with Gasteiger partial charge in [-0.1, -0.05) is 23.8 Å². The van der Waals surface area contributed by atoms with Gasteiger partial charge in [0.15, 0.2) is 0 Å². The van der Waals surface area contributed by atoms with Gasteiger partial charge in [-0.05, 0) is 49.8 Å². The number of amides is 1. The number of benzene rings is 1. The van der Waals surface area contributed by atoms with E-state index in [1.165, 1.54) is 9.18 Å². The van der Waals surface area contributed by atoms with Crippen molar-refractivity contribution in [3.63, 3.8) is 0 Å². The van der Waals surface area contributed by atoms with Crippen LogP contribution in [0.3, 0.4) is 0 Å². The molecule has 0 atom stereocenters. The van der Waals surface area contributed by atoms with Crippen molar-refractivity contribution in [1.29, 1.82) is 0 Å². The lowest BCUT2D eigenvalue weighted by molar-refractivity contribution is -0.132. The number of piperazine rings is 1. The minimum Gasteiger partial charge on any atom is -0.340 e. The third-order valence-electron chi connectivity index (χ3n) is 4.96. The Balaban J connectivity index is 1.64. The standard InChI is InChI=1S/C20H26N2O3S2/c1-15-13-16(2)20(17(3)14-15)27(24,25)22-10-8-21(9-11-22)19(23)7-6-18-5-4-12-26-18/h4-5,12-14H,6-11H2,1-3H3. The number of aryl methyl sites for hydroxylation is 4. The van der Waals surface area contributed by atoms with E-state index in [1.807, 2.05) is 50.4 Å². The Morgan fingerprint density at radius 3 is 2.26 bits per heavy atom. The van der Waals surface area contributed by atoms with Crippen LogP contribution in [0.25, 0.3) is 0 Å². The normalized spacial score (nSPS) is 15.9. The maximum Gasteiger partial charge on any atom is 0.243 e. The number of sulfonamides is 1. The fraction of sp³-hybridized carbons (Fsp3) is 0.450. The van der Waals surface area contributed by atoms with Crippen LogP contribution in [0, 0.1) is 20.8 Å². The highest BCUT2D eigenvalue weighted by molar-refractivity contribution is 7.89. The van der Waals surface area contributed by atoms with Crippen molar-refractivity contribution in [3.05, 3.63) is 51.2 Å². The Morgan fingerprint density at radius 1 is 1.07 bits per heavy atom. The molecular formula is C20H26N2O3S2. The summed E-state index contributed by atoms with van der Waals surface area (Å²) in [4.78, 5) is 15.8. The zero-order chi connectivity index (χ0) is 19.6. The second kappa shape index (κ2) is 8.12. The number of carbonyl (C=O) groups is 1. The van der Waals surface area contributed by atoms with E-state index in [1.54, 1.807) is 16.2 Å². The van der Waals surface area contributed by atoms with Crippen LogP contribution in [-0.4, -0.2) is 49.7 Å². The lowest BCUT2D eigenvalue weighted by Gasteiger charge is -2.34. The van der Waals surface area contributed by atoms with E-state index in [4.69, 9.17) is 0 Å². The Hall–Kier alpha value is -1.70. The van der Waals surface area contributed by atoms with Crippen molar-refractivity contribution in [2.45, 2.75) is 38.5 Å². The molecule has 1 amide bonds. The zero-order valence-electron chi connectivity index (χ0n) is 16.1. The third kappa shape index (κ3) is 4.42. The Kier molecular flexibility index (Phi) is 6.03. The molecule has 1 aliphatic rings. The first-order valence-electron chi connectivity index (χ1n) is 9.17. The van der Waals surface area contributed by atoms with Crippen LogP contribution >= 0.6 is 11.3 Å². The van der Waals surface area contributed by atoms with Gasteiger partial charge in [0.2, 0.25) is 15.9 Å². The van der Waals surface area contributed by atoms with Crippen LogP contribution in [0.1, 0.15) is 28.0 Å². The van der Waals surface area contributed by atoms with Gasteiger partial charge in [-0.2, -0.15) is 4.31 Å². The zero-order valence-corrected chi connectivity index (χ0v) is 17.7. The second-order valence-electron chi connectivity index (χ2n) is 7.09. The highest BCUT2D eigenvalue weighted by Crippen LogP contribution is 2.26. The third-order valence-corrected chi connectivity index (χ3v) is 8.10. The molecule has 0 saturated carbocycles. The summed E-state index contributed by atoms with van der Waals surface area (Å²) in [5, 5.41) is 2.01. The van der Waals surface area contributed by atoms with Crippen LogP contribution < -0.4 is 0 Å². The first kappa shape index (κ1) is 20.0. The van der Waals surface area contributed by atoms with Crippen molar-refractivity contribution >= 4 is 27.3 Å². The molecule has 3 rings (SSSR count). The van der Waals surface area contributed by atoms with Crippen molar-refractivity contribution in [2.24, 2.45) is 0 Å². The van der Waals surface area contributed by atoms with Crippen LogP contribution in [0.5, 0.6) is 0 Å². The van der Waals surface area contributed by atoms with Crippen LogP contribution in [-0.2, 0) is 21.2 Å². The summed E-state index contributed by atoms with van der Waals surface area (Å²) in [5.41, 5.74) is 2.62. The van der Waals surface area contributed by atoms with Gasteiger partial charge in [-0.3, -0.25) is 4.79 Å². The first-order chi connectivity index (χ1) is 12.8. The number of hydrogen-bond donors (Lipinski definition) is 0. The average Bonchev–Trinajstić information content (AvgIpc) is 3.12. The average molecular weight is 407 g/mol. The Labute approximate surface area is 165 Å². The smallest absolute Gasteiger partial charge is 0.243 e. The van der Waals surface area contributed by atoms with E-state index in [2.05, 4.69) is 0 Å². The molecule has 1 fully saturated rings. The second-order valence-corrected chi connectivity index (χ2v) is 10.00. The maximum atomic E-state index is 13.1. The molecule has 5 nitrogen and oxygen atoms in total. The van der Waals surface area contributed by atoms with Gasteiger partial charge in [0.05, 0.1) is 4.90 Å². The summed E-state index contributed by atoms with van der Waals surface area (Å²) in [7, 11) is -3.54. The van der Waals surface area contributed by atoms with Gasteiger partial charge >= 0.3 is 0 Å². The van der Waals surface area contributed by atoms with Crippen LogP contribution in [0.4, 0.5) is 0 Å². The van der Waals surface area contributed by atoms with Gasteiger partial charge in [0, 0.05) is 37.5 Å². The minimum absolute atomic E-state index is 0.100. The minimum atomic E-state index is -3.54. The van der Waals surface area contributed by atoms with E-state index in [0.717, 1.165) is 23.1 Å². The summed E-state index contributed by atoms with van der Waals surface area (Å²) in [6.07, 6.45) is 1.22. The molecule has 0 spiro atoms. The predicted octanol–water partition coefficient (Wildman–Crippen LogP) is 3.14. The van der Waals surface area contributed by atoms with Crippen LogP contribution in [0.2, 0.25) is 0 Å². The van der Waals surface area contributed by atoms with Gasteiger partial charge in [0.25, 0.3) is 0 Å². The lowest BCUT2D eigenvalue weighted by Crippen LogP contribution is -2.50. The molecule has 0 bridgehead atoms. The van der Waals surface area contributed by atoms with E-state index in [9.17, 15) is 13.2 Å². The van der Waals surface area contributed by atoms with Crippen molar-refractivity contribution in [3.8, 4) is 0 Å². The molecule has 7 heteroatoms. The molecule has 0 aliphatic carbocycles. The fourth-order valence-electron chi connectivity index (χ4n) is 3.72. The topological polar surface area (TPSA) is 57.7 Å². The summed E-state index contributed by atoms with van der Waals surface area (Å²) in [5.74, 6) is 0.100.